The van der Waals surface area contributed by atoms with E-state index in [0.29, 0.717) is 11.9 Å². The first-order chi connectivity index (χ1) is 18.0. The van der Waals surface area contributed by atoms with E-state index >= 15 is 0 Å². The van der Waals surface area contributed by atoms with Crippen molar-refractivity contribution in [3.05, 3.63) is 60.7 Å². The number of hydrogen-bond acceptors (Lipinski definition) is 8. The van der Waals surface area contributed by atoms with Gasteiger partial charge in [0, 0.05) is 67.1 Å². The van der Waals surface area contributed by atoms with E-state index in [4.69, 9.17) is 4.98 Å². The second-order valence-corrected chi connectivity index (χ2v) is 10.0. The van der Waals surface area contributed by atoms with Gasteiger partial charge in [-0.05, 0) is 49.4 Å². The minimum Gasteiger partial charge on any atom is -0.353 e. The van der Waals surface area contributed by atoms with E-state index in [-0.39, 0.29) is 0 Å². The number of rotatable bonds is 5. The molecular formula is C28H31N9. The molecule has 0 radical (unpaired) electrons. The molecule has 188 valence electrons. The van der Waals surface area contributed by atoms with Crippen LogP contribution in [0.25, 0.3) is 33.1 Å². The van der Waals surface area contributed by atoms with Crippen LogP contribution in [0.3, 0.4) is 0 Å². The minimum absolute atomic E-state index is 0.376. The molecule has 1 aliphatic rings. The van der Waals surface area contributed by atoms with Crippen molar-refractivity contribution in [1.82, 2.24) is 34.6 Å². The molecule has 9 heteroatoms. The largest absolute Gasteiger partial charge is 0.353 e. The van der Waals surface area contributed by atoms with Crippen LogP contribution in [-0.2, 0) is 7.05 Å². The predicted octanol–water partition coefficient (Wildman–Crippen LogP) is 4.59. The Morgan fingerprint density at radius 1 is 0.838 bits per heavy atom. The Balaban J connectivity index is 1.28. The summed E-state index contributed by atoms with van der Waals surface area (Å²) < 4.78 is 1.98. The molecule has 1 saturated heterocycles. The first kappa shape index (κ1) is 23.3. The van der Waals surface area contributed by atoms with Crippen molar-refractivity contribution >= 4 is 39.3 Å². The average Bonchev–Trinajstić information content (AvgIpc) is 3.24. The van der Waals surface area contributed by atoms with Crippen LogP contribution in [0.2, 0.25) is 0 Å². The van der Waals surface area contributed by atoms with Gasteiger partial charge in [-0.2, -0.15) is 5.10 Å². The molecule has 0 spiro atoms. The Hall–Kier alpha value is -4.11. The second-order valence-electron chi connectivity index (χ2n) is 10.0. The maximum atomic E-state index is 4.81. The molecule has 0 aliphatic carbocycles. The Bertz CT molecular complexity index is 1580. The van der Waals surface area contributed by atoms with Crippen molar-refractivity contribution in [1.29, 1.82) is 0 Å². The number of anilines is 3. The lowest BCUT2D eigenvalue weighted by Crippen LogP contribution is -2.44. The standard InChI is InChI=1S/C28H31N9/c1-18(2)26-22-15-19(5-8-24(22)34-36(26)4)23-9-10-29-28(33-23)32-20-6-7-21-25(16-20)30-17-31-27(21)37-13-11-35(3)12-14-37/h5-10,15-18H,11-14H2,1-4H3,(H,29,32,33). The second kappa shape index (κ2) is 9.40. The normalized spacial score (nSPS) is 14.7. The van der Waals surface area contributed by atoms with E-state index in [2.05, 4.69) is 80.3 Å². The van der Waals surface area contributed by atoms with Gasteiger partial charge in [0.15, 0.2) is 0 Å². The van der Waals surface area contributed by atoms with Crippen LogP contribution in [0.5, 0.6) is 0 Å². The Kier molecular flexibility index (Phi) is 5.92. The SMILES string of the molecule is CC(C)c1c2cc(-c3ccnc(Nc4ccc5c(N6CCN(C)CC6)ncnc5c4)n3)ccc2nn1C. The molecular weight excluding hydrogens is 462 g/mol. The fraction of sp³-hybridized carbons (Fsp3) is 0.321. The minimum atomic E-state index is 0.376. The molecule has 9 nitrogen and oxygen atoms in total. The zero-order valence-electron chi connectivity index (χ0n) is 21.7. The third-order valence-corrected chi connectivity index (χ3v) is 7.05. The summed E-state index contributed by atoms with van der Waals surface area (Å²) in [6, 6.07) is 14.4. The summed E-state index contributed by atoms with van der Waals surface area (Å²) in [5, 5.41) is 10.2. The summed E-state index contributed by atoms with van der Waals surface area (Å²) in [4.78, 5) is 23.1. The molecule has 6 rings (SSSR count). The van der Waals surface area contributed by atoms with Crippen molar-refractivity contribution in [2.45, 2.75) is 19.8 Å². The summed E-state index contributed by atoms with van der Waals surface area (Å²) in [7, 11) is 4.16. The average molecular weight is 494 g/mol. The topological polar surface area (TPSA) is 87.9 Å². The third-order valence-electron chi connectivity index (χ3n) is 7.05. The van der Waals surface area contributed by atoms with Crippen molar-refractivity contribution < 1.29 is 0 Å². The molecule has 1 aliphatic heterocycles. The number of nitrogens with one attached hydrogen (secondary N) is 1. The number of aryl methyl sites for hydroxylation is 1. The third kappa shape index (κ3) is 4.46. The van der Waals surface area contributed by atoms with E-state index in [0.717, 1.165) is 70.7 Å². The van der Waals surface area contributed by atoms with Crippen LogP contribution in [0, 0.1) is 0 Å². The van der Waals surface area contributed by atoms with Gasteiger partial charge in [-0.3, -0.25) is 4.68 Å². The molecule has 0 bridgehead atoms. The fourth-order valence-corrected chi connectivity index (χ4v) is 5.16. The lowest BCUT2D eigenvalue weighted by molar-refractivity contribution is 0.312. The van der Waals surface area contributed by atoms with Crippen molar-refractivity contribution in [3.8, 4) is 11.3 Å². The number of likely N-dealkylation sites (N-methyl/N-ethyl adjacent to an activating group) is 1. The van der Waals surface area contributed by atoms with Crippen LogP contribution < -0.4 is 10.2 Å². The first-order valence-corrected chi connectivity index (χ1v) is 12.7. The molecule has 0 unspecified atom stereocenters. The number of benzene rings is 2. The number of hydrogen-bond donors (Lipinski definition) is 1. The van der Waals surface area contributed by atoms with E-state index < -0.39 is 0 Å². The summed E-state index contributed by atoms with van der Waals surface area (Å²) in [6.07, 6.45) is 3.44. The molecule has 1 N–H and O–H groups in total. The highest BCUT2D eigenvalue weighted by Gasteiger charge is 2.18. The van der Waals surface area contributed by atoms with E-state index in [1.54, 1.807) is 12.5 Å². The molecule has 37 heavy (non-hydrogen) atoms. The molecule has 0 atom stereocenters. The smallest absolute Gasteiger partial charge is 0.227 e. The van der Waals surface area contributed by atoms with Crippen molar-refractivity contribution in [2.24, 2.45) is 7.05 Å². The summed E-state index contributed by atoms with van der Waals surface area (Å²) in [5.41, 5.74) is 5.90. The van der Waals surface area contributed by atoms with Gasteiger partial charge in [-0.25, -0.2) is 19.9 Å². The number of aromatic nitrogens is 6. The number of nitrogens with zero attached hydrogens (tertiary/aromatic N) is 8. The Morgan fingerprint density at radius 2 is 1.68 bits per heavy atom. The van der Waals surface area contributed by atoms with Gasteiger partial charge in [-0.15, -0.1) is 0 Å². The van der Waals surface area contributed by atoms with Crippen LogP contribution in [0.4, 0.5) is 17.5 Å². The molecule has 0 amide bonds. The van der Waals surface area contributed by atoms with Crippen LogP contribution in [0.1, 0.15) is 25.5 Å². The maximum Gasteiger partial charge on any atom is 0.227 e. The molecule has 5 aromatic rings. The highest BCUT2D eigenvalue weighted by atomic mass is 15.3. The summed E-state index contributed by atoms with van der Waals surface area (Å²) in [5.74, 6) is 1.91. The van der Waals surface area contributed by atoms with Gasteiger partial charge < -0.3 is 15.1 Å². The van der Waals surface area contributed by atoms with Gasteiger partial charge in [0.2, 0.25) is 5.95 Å². The van der Waals surface area contributed by atoms with Crippen LogP contribution in [0.15, 0.2) is 55.0 Å². The highest BCUT2D eigenvalue weighted by molar-refractivity contribution is 5.92. The monoisotopic (exact) mass is 493 g/mol. The highest BCUT2D eigenvalue weighted by Crippen LogP contribution is 2.30. The number of fused-ring (bicyclic) bond motifs is 2. The summed E-state index contributed by atoms with van der Waals surface area (Å²) in [6.45, 7) is 8.38. The predicted molar refractivity (Wildman–Crippen MR) is 148 cm³/mol. The van der Waals surface area contributed by atoms with Gasteiger partial charge in [0.1, 0.15) is 12.1 Å². The molecule has 0 saturated carbocycles. The zero-order valence-corrected chi connectivity index (χ0v) is 21.7. The fourth-order valence-electron chi connectivity index (χ4n) is 5.16. The van der Waals surface area contributed by atoms with Gasteiger partial charge in [0.25, 0.3) is 0 Å². The first-order valence-electron chi connectivity index (χ1n) is 12.7. The van der Waals surface area contributed by atoms with E-state index in [1.807, 2.05) is 29.9 Å². The van der Waals surface area contributed by atoms with Crippen molar-refractivity contribution in [3.63, 3.8) is 0 Å². The van der Waals surface area contributed by atoms with Gasteiger partial charge in [-0.1, -0.05) is 19.9 Å². The lowest BCUT2D eigenvalue weighted by Gasteiger charge is -2.33. The molecule has 4 heterocycles. The quantitative estimate of drug-likeness (QED) is 0.380. The zero-order chi connectivity index (χ0) is 25.5. The van der Waals surface area contributed by atoms with E-state index in [9.17, 15) is 0 Å². The van der Waals surface area contributed by atoms with E-state index in [1.165, 1.54) is 5.69 Å². The lowest BCUT2D eigenvalue weighted by atomic mass is 10.0. The summed E-state index contributed by atoms with van der Waals surface area (Å²) >= 11 is 0. The Morgan fingerprint density at radius 3 is 2.49 bits per heavy atom. The molecule has 1 fully saturated rings. The maximum absolute atomic E-state index is 4.81. The Labute approximate surface area is 216 Å². The number of piperazine rings is 1. The van der Waals surface area contributed by atoms with Gasteiger partial charge >= 0.3 is 0 Å². The van der Waals surface area contributed by atoms with Crippen molar-refractivity contribution in [2.75, 3.05) is 43.4 Å². The van der Waals surface area contributed by atoms with Gasteiger partial charge in [0.05, 0.1) is 16.7 Å². The molecule has 3 aromatic heterocycles. The van der Waals surface area contributed by atoms with Crippen LogP contribution in [-0.4, -0.2) is 67.8 Å². The van der Waals surface area contributed by atoms with Crippen LogP contribution >= 0.6 is 0 Å². The molecule has 2 aromatic carbocycles.